The quantitative estimate of drug-likeness (QED) is 0.687. The smallest absolute Gasteiger partial charge is 0.410 e. The van der Waals surface area contributed by atoms with Gasteiger partial charge in [0.25, 0.3) is 0 Å². The molecule has 0 unspecified atom stereocenters. The topological polar surface area (TPSA) is 46.6 Å². The van der Waals surface area contributed by atoms with E-state index in [4.69, 9.17) is 4.74 Å². The van der Waals surface area contributed by atoms with E-state index in [0.717, 1.165) is 0 Å². The predicted octanol–water partition coefficient (Wildman–Crippen LogP) is 2.29. The molecule has 0 N–H and O–H groups in total. The van der Waals surface area contributed by atoms with Gasteiger partial charge < -0.3 is 4.74 Å². The van der Waals surface area contributed by atoms with Crippen LogP contribution in [-0.2, 0) is 9.53 Å². The van der Waals surface area contributed by atoms with Crippen LogP contribution in [0.15, 0.2) is 0 Å². The summed E-state index contributed by atoms with van der Waals surface area (Å²) in [5, 5.41) is 0. The highest BCUT2D eigenvalue weighted by molar-refractivity contribution is 9.26. The number of carbonyl (C=O) groups excluding carboxylic acids is 2. The third kappa shape index (κ3) is 2.20. The van der Waals surface area contributed by atoms with E-state index >= 15 is 0 Å². The van der Waals surface area contributed by atoms with Crippen LogP contribution in [0.1, 0.15) is 20.8 Å². The van der Waals surface area contributed by atoms with Crippen molar-refractivity contribution in [2.45, 2.75) is 29.5 Å². The molecule has 0 radical (unpaired) electrons. The normalized spacial score (nSPS) is 23.0. The first kappa shape index (κ1) is 13.0. The molecule has 0 saturated carbocycles. The lowest BCUT2D eigenvalue weighted by atomic mass is 10.0. The Hall–Kier alpha value is -0.100. The number of alkyl halides is 2. The average Bonchev–Trinajstić information content (AvgIpc) is 2.27. The zero-order chi connectivity index (χ0) is 11.9. The van der Waals surface area contributed by atoms with E-state index in [0.29, 0.717) is 6.61 Å². The van der Waals surface area contributed by atoms with Gasteiger partial charge in [-0.1, -0.05) is 31.9 Å². The van der Waals surface area contributed by atoms with Crippen LogP contribution in [0.5, 0.6) is 0 Å². The second kappa shape index (κ2) is 4.05. The van der Waals surface area contributed by atoms with Crippen molar-refractivity contribution in [3.63, 3.8) is 0 Å². The number of hydrogen-bond donors (Lipinski definition) is 0. The van der Waals surface area contributed by atoms with E-state index in [1.807, 2.05) is 0 Å². The van der Waals surface area contributed by atoms with Crippen LogP contribution >= 0.6 is 31.9 Å². The van der Waals surface area contributed by atoms with Gasteiger partial charge in [0.05, 0.1) is 13.2 Å². The maximum absolute atomic E-state index is 11.9. The molecule has 0 bridgehead atoms. The van der Waals surface area contributed by atoms with Gasteiger partial charge >= 0.3 is 6.09 Å². The lowest BCUT2D eigenvalue weighted by molar-refractivity contribution is -0.123. The SMILES string of the molecule is CCOC(=O)N1CC(Br)(Br)C(=O)C1(C)C. The molecule has 0 aliphatic carbocycles. The Morgan fingerprint density at radius 3 is 2.40 bits per heavy atom. The Morgan fingerprint density at radius 2 is 2.07 bits per heavy atom. The molecule has 1 saturated heterocycles. The summed E-state index contributed by atoms with van der Waals surface area (Å²) in [5.41, 5.74) is -0.848. The van der Waals surface area contributed by atoms with E-state index in [-0.39, 0.29) is 12.3 Å². The molecule has 1 heterocycles. The van der Waals surface area contributed by atoms with Crippen LogP contribution < -0.4 is 0 Å². The maximum Gasteiger partial charge on any atom is 0.410 e. The minimum absolute atomic E-state index is 0.0805. The van der Waals surface area contributed by atoms with E-state index in [2.05, 4.69) is 31.9 Å². The first-order valence-corrected chi connectivity index (χ1v) is 6.19. The first-order chi connectivity index (χ1) is 6.73. The molecular weight excluding hydrogens is 330 g/mol. The first-order valence-electron chi connectivity index (χ1n) is 4.60. The fraction of sp³-hybridized carbons (Fsp3) is 0.778. The number of hydrogen-bond acceptors (Lipinski definition) is 3. The standard InChI is InChI=1S/C9H13Br2NO3/c1-4-15-7(14)12-5-9(10,11)6(13)8(12,2)3/h4-5H2,1-3H3. The van der Waals surface area contributed by atoms with Crippen LogP contribution in [0.2, 0.25) is 0 Å². The fourth-order valence-corrected chi connectivity index (χ4v) is 3.00. The number of ketones is 1. The largest absolute Gasteiger partial charge is 0.450 e. The number of Topliss-reactive ketones (excluding diaryl/α,β-unsaturated/α-hetero) is 1. The van der Waals surface area contributed by atoms with Crippen molar-refractivity contribution in [3.8, 4) is 0 Å². The maximum atomic E-state index is 11.9. The van der Waals surface area contributed by atoms with Crippen LogP contribution in [0, 0.1) is 0 Å². The molecular formula is C9H13Br2NO3. The van der Waals surface area contributed by atoms with Crippen LogP contribution in [0.4, 0.5) is 4.79 Å². The zero-order valence-corrected chi connectivity index (χ0v) is 12.0. The molecule has 86 valence electrons. The summed E-state index contributed by atoms with van der Waals surface area (Å²) in [6.07, 6.45) is -0.461. The Kier molecular flexibility index (Phi) is 3.50. The van der Waals surface area contributed by atoms with E-state index in [1.165, 1.54) is 4.90 Å². The summed E-state index contributed by atoms with van der Waals surface area (Å²) < 4.78 is 4.05. The van der Waals surface area contributed by atoms with E-state index in [1.54, 1.807) is 20.8 Å². The van der Waals surface area contributed by atoms with Gasteiger partial charge in [0.15, 0.2) is 9.02 Å². The van der Waals surface area contributed by atoms with Gasteiger partial charge in [0.1, 0.15) is 5.54 Å². The molecule has 0 aromatic heterocycles. The van der Waals surface area contributed by atoms with Gasteiger partial charge in [-0.2, -0.15) is 0 Å². The van der Waals surface area contributed by atoms with Crippen molar-refractivity contribution >= 4 is 43.7 Å². The third-order valence-electron chi connectivity index (χ3n) is 2.41. The van der Waals surface area contributed by atoms with Crippen molar-refractivity contribution in [1.82, 2.24) is 4.90 Å². The molecule has 0 aromatic rings. The lowest BCUT2D eigenvalue weighted by Crippen LogP contribution is -2.46. The molecule has 1 rings (SSSR count). The molecule has 1 amide bonds. The predicted molar refractivity (Wildman–Crippen MR) is 63.4 cm³/mol. The van der Waals surface area contributed by atoms with Crippen LogP contribution in [0.25, 0.3) is 0 Å². The molecule has 15 heavy (non-hydrogen) atoms. The summed E-state index contributed by atoms with van der Waals surface area (Å²) in [6, 6.07) is 0. The highest BCUT2D eigenvalue weighted by atomic mass is 79.9. The Bertz CT molecular complexity index is 302. The molecule has 1 aliphatic rings. The fourth-order valence-electron chi connectivity index (χ4n) is 1.53. The van der Waals surface area contributed by atoms with E-state index < -0.39 is 14.9 Å². The molecule has 1 aliphatic heterocycles. The number of rotatable bonds is 1. The number of nitrogens with zero attached hydrogens (tertiary/aromatic N) is 1. The van der Waals surface area contributed by atoms with Gasteiger partial charge in [0, 0.05) is 0 Å². The molecule has 6 heteroatoms. The van der Waals surface area contributed by atoms with Crippen molar-refractivity contribution in [2.24, 2.45) is 0 Å². The highest BCUT2D eigenvalue weighted by Crippen LogP contribution is 2.42. The summed E-state index contributed by atoms with van der Waals surface area (Å²) in [7, 11) is 0. The third-order valence-corrected chi connectivity index (χ3v) is 3.63. The van der Waals surface area contributed by atoms with Gasteiger partial charge in [-0.05, 0) is 20.8 Å². The average molecular weight is 343 g/mol. The van der Waals surface area contributed by atoms with Gasteiger partial charge in [-0.3, -0.25) is 9.69 Å². The van der Waals surface area contributed by atoms with Gasteiger partial charge in [-0.15, -0.1) is 0 Å². The number of amides is 1. The Balaban J connectivity index is 2.94. The van der Waals surface area contributed by atoms with Crippen molar-refractivity contribution in [1.29, 1.82) is 0 Å². The van der Waals surface area contributed by atoms with Crippen molar-refractivity contribution < 1.29 is 14.3 Å². The van der Waals surface area contributed by atoms with Crippen molar-refractivity contribution in [3.05, 3.63) is 0 Å². The van der Waals surface area contributed by atoms with Crippen LogP contribution in [0.3, 0.4) is 0 Å². The van der Waals surface area contributed by atoms with E-state index in [9.17, 15) is 9.59 Å². The molecule has 0 aromatic carbocycles. The van der Waals surface area contributed by atoms with Crippen molar-refractivity contribution in [2.75, 3.05) is 13.2 Å². The number of likely N-dealkylation sites (tertiary alicyclic amines) is 1. The second-order valence-electron chi connectivity index (χ2n) is 3.88. The van der Waals surface area contributed by atoms with Gasteiger partial charge in [0.2, 0.25) is 0 Å². The summed E-state index contributed by atoms with van der Waals surface area (Å²) in [5.74, 6) is -0.0805. The Morgan fingerprint density at radius 1 is 1.53 bits per heavy atom. The molecule has 4 nitrogen and oxygen atoms in total. The number of halogens is 2. The monoisotopic (exact) mass is 341 g/mol. The minimum Gasteiger partial charge on any atom is -0.450 e. The van der Waals surface area contributed by atoms with Gasteiger partial charge in [-0.25, -0.2) is 4.79 Å². The minimum atomic E-state index is -0.851. The molecule has 0 atom stereocenters. The lowest BCUT2D eigenvalue weighted by Gasteiger charge is -2.28. The summed E-state index contributed by atoms with van der Waals surface area (Å²) in [6.45, 7) is 5.71. The Labute approximate surface area is 106 Å². The summed E-state index contributed by atoms with van der Waals surface area (Å²) >= 11 is 6.52. The second-order valence-corrected chi connectivity index (χ2v) is 7.65. The summed E-state index contributed by atoms with van der Waals surface area (Å²) in [4.78, 5) is 24.9. The zero-order valence-electron chi connectivity index (χ0n) is 8.84. The number of ether oxygens (including phenoxy) is 1. The molecule has 0 spiro atoms. The highest BCUT2D eigenvalue weighted by Gasteiger charge is 2.56. The van der Waals surface area contributed by atoms with Crippen LogP contribution in [-0.4, -0.2) is 38.7 Å². The number of carbonyl (C=O) groups is 2. The molecule has 1 fully saturated rings.